The van der Waals surface area contributed by atoms with E-state index in [4.69, 9.17) is 22.4 Å². The van der Waals surface area contributed by atoms with Gasteiger partial charge in [-0.25, -0.2) is 9.97 Å². The van der Waals surface area contributed by atoms with Crippen LogP contribution in [0.4, 0.5) is 5.95 Å². The molecule has 1 rings (SSSR count). The van der Waals surface area contributed by atoms with Crippen LogP contribution in [-0.2, 0) is 11.2 Å². The SMILES string of the molecule is Nc1nc(Cl)cc(CCCC(=O)O)n1. The van der Waals surface area contributed by atoms with Crippen molar-refractivity contribution in [2.75, 3.05) is 5.73 Å². The second kappa shape index (κ2) is 4.76. The van der Waals surface area contributed by atoms with Gasteiger partial charge in [0.2, 0.25) is 5.95 Å². The summed E-state index contributed by atoms with van der Waals surface area (Å²) < 4.78 is 0. The highest BCUT2D eigenvalue weighted by atomic mass is 35.5. The molecule has 0 radical (unpaired) electrons. The predicted molar refractivity (Wildman–Crippen MR) is 52.0 cm³/mol. The molecule has 6 heteroatoms. The fraction of sp³-hybridized carbons (Fsp3) is 0.375. The van der Waals surface area contributed by atoms with Crippen molar-refractivity contribution >= 4 is 23.5 Å². The van der Waals surface area contributed by atoms with Gasteiger partial charge in [0.1, 0.15) is 5.15 Å². The lowest BCUT2D eigenvalue weighted by molar-refractivity contribution is -0.137. The highest BCUT2D eigenvalue weighted by Gasteiger charge is 2.02. The molecule has 0 aliphatic carbocycles. The Hall–Kier alpha value is -1.36. The Bertz CT molecular complexity index is 323. The van der Waals surface area contributed by atoms with Crippen molar-refractivity contribution in [1.29, 1.82) is 0 Å². The van der Waals surface area contributed by atoms with E-state index in [1.807, 2.05) is 0 Å². The summed E-state index contributed by atoms with van der Waals surface area (Å²) in [5.74, 6) is -0.707. The van der Waals surface area contributed by atoms with Gasteiger partial charge in [-0.1, -0.05) is 11.6 Å². The molecule has 1 aromatic heterocycles. The summed E-state index contributed by atoms with van der Waals surface area (Å²) in [6, 6.07) is 1.58. The molecule has 0 fully saturated rings. The number of carboxylic acids is 1. The normalized spacial score (nSPS) is 10.1. The summed E-state index contributed by atoms with van der Waals surface area (Å²) in [4.78, 5) is 17.9. The molecule has 0 atom stereocenters. The van der Waals surface area contributed by atoms with E-state index in [0.717, 1.165) is 0 Å². The first-order valence-corrected chi connectivity index (χ1v) is 4.46. The number of aromatic nitrogens is 2. The Kier molecular flexibility index (Phi) is 3.64. The third kappa shape index (κ3) is 3.57. The first-order chi connectivity index (χ1) is 6.58. The molecule has 1 heterocycles. The van der Waals surface area contributed by atoms with Gasteiger partial charge in [-0.2, -0.15) is 0 Å². The highest BCUT2D eigenvalue weighted by Crippen LogP contribution is 2.10. The summed E-state index contributed by atoms with van der Waals surface area (Å²) in [5, 5.41) is 8.70. The molecule has 5 nitrogen and oxygen atoms in total. The molecule has 0 aliphatic heterocycles. The van der Waals surface area contributed by atoms with Crippen LogP contribution in [0.15, 0.2) is 6.07 Å². The van der Waals surface area contributed by atoms with Crippen molar-refractivity contribution in [3.05, 3.63) is 16.9 Å². The average molecular weight is 216 g/mol. The van der Waals surface area contributed by atoms with E-state index in [1.54, 1.807) is 6.07 Å². The molecular formula is C8H10ClN3O2. The van der Waals surface area contributed by atoms with Gasteiger partial charge in [-0.05, 0) is 18.9 Å². The topological polar surface area (TPSA) is 89.1 Å². The van der Waals surface area contributed by atoms with E-state index in [9.17, 15) is 4.79 Å². The van der Waals surface area contributed by atoms with Gasteiger partial charge < -0.3 is 10.8 Å². The Labute approximate surface area is 85.9 Å². The standard InChI is InChI=1S/C8H10ClN3O2/c9-6-4-5(11-8(10)12-6)2-1-3-7(13)14/h4H,1-3H2,(H,13,14)(H2,10,11,12). The van der Waals surface area contributed by atoms with Gasteiger partial charge in [0.25, 0.3) is 0 Å². The van der Waals surface area contributed by atoms with Crippen LogP contribution in [0.2, 0.25) is 5.15 Å². The van der Waals surface area contributed by atoms with Gasteiger partial charge in [0, 0.05) is 12.1 Å². The number of hydrogen-bond donors (Lipinski definition) is 2. The fourth-order valence-corrected chi connectivity index (χ4v) is 1.24. The van der Waals surface area contributed by atoms with Crippen LogP contribution in [0.5, 0.6) is 0 Å². The maximum Gasteiger partial charge on any atom is 0.303 e. The van der Waals surface area contributed by atoms with E-state index in [1.165, 1.54) is 0 Å². The van der Waals surface area contributed by atoms with E-state index >= 15 is 0 Å². The minimum Gasteiger partial charge on any atom is -0.481 e. The molecule has 14 heavy (non-hydrogen) atoms. The lowest BCUT2D eigenvalue weighted by Gasteiger charge is -2.00. The number of nitrogen functional groups attached to an aromatic ring is 1. The quantitative estimate of drug-likeness (QED) is 0.735. The van der Waals surface area contributed by atoms with Gasteiger partial charge in [-0.15, -0.1) is 0 Å². The molecule has 0 spiro atoms. The van der Waals surface area contributed by atoms with Crippen LogP contribution in [-0.4, -0.2) is 21.0 Å². The van der Waals surface area contributed by atoms with Crippen LogP contribution in [0, 0.1) is 0 Å². The zero-order valence-electron chi connectivity index (χ0n) is 7.40. The molecule has 0 saturated heterocycles. The van der Waals surface area contributed by atoms with Crippen LogP contribution < -0.4 is 5.73 Å². The number of anilines is 1. The van der Waals surface area contributed by atoms with Gasteiger partial charge in [-0.3, -0.25) is 4.79 Å². The van der Waals surface area contributed by atoms with Crippen molar-refractivity contribution in [3.8, 4) is 0 Å². The second-order valence-electron chi connectivity index (χ2n) is 2.79. The van der Waals surface area contributed by atoms with Gasteiger partial charge in [0.15, 0.2) is 0 Å². The maximum absolute atomic E-state index is 10.2. The summed E-state index contributed by atoms with van der Waals surface area (Å²) >= 11 is 5.64. The smallest absolute Gasteiger partial charge is 0.303 e. The van der Waals surface area contributed by atoms with Gasteiger partial charge >= 0.3 is 5.97 Å². The summed E-state index contributed by atoms with van der Waals surface area (Å²) in [5.41, 5.74) is 6.04. The van der Waals surface area contributed by atoms with Crippen LogP contribution >= 0.6 is 11.6 Å². The molecule has 0 unspecified atom stereocenters. The molecule has 3 N–H and O–H groups in total. The van der Waals surface area contributed by atoms with E-state index in [-0.39, 0.29) is 17.5 Å². The minimum absolute atomic E-state index is 0.113. The summed E-state index contributed by atoms with van der Waals surface area (Å²) in [7, 11) is 0. The molecular weight excluding hydrogens is 206 g/mol. The lowest BCUT2D eigenvalue weighted by atomic mass is 10.2. The van der Waals surface area contributed by atoms with Crippen LogP contribution in [0.3, 0.4) is 0 Å². The largest absolute Gasteiger partial charge is 0.481 e. The van der Waals surface area contributed by atoms with Crippen molar-refractivity contribution in [2.24, 2.45) is 0 Å². The Morgan fingerprint density at radius 2 is 2.29 bits per heavy atom. The number of carboxylic acid groups (broad SMARTS) is 1. The number of carbonyl (C=O) groups is 1. The number of rotatable bonds is 4. The molecule has 0 amide bonds. The highest BCUT2D eigenvalue weighted by molar-refractivity contribution is 6.29. The van der Waals surface area contributed by atoms with Crippen LogP contribution in [0.25, 0.3) is 0 Å². The Balaban J connectivity index is 2.54. The molecule has 0 bridgehead atoms. The number of nitrogens with two attached hydrogens (primary N) is 1. The number of halogens is 1. The zero-order chi connectivity index (χ0) is 10.6. The minimum atomic E-state index is -0.821. The number of hydrogen-bond acceptors (Lipinski definition) is 4. The zero-order valence-corrected chi connectivity index (χ0v) is 8.16. The molecule has 1 aromatic rings. The number of aliphatic carboxylic acids is 1. The summed E-state index contributed by atoms with van der Waals surface area (Å²) in [6.45, 7) is 0. The second-order valence-corrected chi connectivity index (χ2v) is 3.17. The predicted octanol–water partition coefficient (Wildman–Crippen LogP) is 1.12. The Morgan fingerprint density at radius 1 is 1.57 bits per heavy atom. The van der Waals surface area contributed by atoms with Crippen molar-refractivity contribution in [3.63, 3.8) is 0 Å². The Morgan fingerprint density at radius 3 is 2.86 bits per heavy atom. The number of aryl methyl sites for hydroxylation is 1. The third-order valence-corrected chi connectivity index (χ3v) is 1.78. The molecule has 0 saturated carbocycles. The third-order valence-electron chi connectivity index (χ3n) is 1.59. The van der Waals surface area contributed by atoms with E-state index in [0.29, 0.717) is 18.5 Å². The monoisotopic (exact) mass is 215 g/mol. The van der Waals surface area contributed by atoms with E-state index < -0.39 is 5.97 Å². The van der Waals surface area contributed by atoms with Gasteiger partial charge in [0.05, 0.1) is 0 Å². The van der Waals surface area contributed by atoms with Crippen molar-refractivity contribution < 1.29 is 9.90 Å². The lowest BCUT2D eigenvalue weighted by Crippen LogP contribution is -2.01. The summed E-state index contributed by atoms with van der Waals surface area (Å²) in [6.07, 6.45) is 1.17. The molecule has 76 valence electrons. The fourth-order valence-electron chi connectivity index (χ4n) is 1.03. The van der Waals surface area contributed by atoms with E-state index in [2.05, 4.69) is 9.97 Å². The van der Waals surface area contributed by atoms with Crippen molar-refractivity contribution in [2.45, 2.75) is 19.3 Å². The molecule has 0 aliphatic rings. The van der Waals surface area contributed by atoms with Crippen LogP contribution in [0.1, 0.15) is 18.5 Å². The maximum atomic E-state index is 10.2. The first kappa shape index (κ1) is 10.7. The molecule has 0 aromatic carbocycles. The average Bonchev–Trinajstić information content (AvgIpc) is 2.01. The van der Waals surface area contributed by atoms with Crippen molar-refractivity contribution in [1.82, 2.24) is 9.97 Å². The first-order valence-electron chi connectivity index (χ1n) is 4.08. The number of nitrogens with zero attached hydrogens (tertiary/aromatic N) is 2.